The van der Waals surface area contributed by atoms with Gasteiger partial charge in [0.05, 0.1) is 18.6 Å². The first-order chi connectivity index (χ1) is 11.4. The van der Waals surface area contributed by atoms with Gasteiger partial charge in [-0.1, -0.05) is 38.1 Å². The molecule has 5 nitrogen and oxygen atoms in total. The maximum atomic E-state index is 12.3. The topological polar surface area (TPSA) is 69.6 Å². The van der Waals surface area contributed by atoms with E-state index in [2.05, 4.69) is 5.32 Å². The number of benzene rings is 1. The molecule has 0 bridgehead atoms. The molecule has 0 aliphatic carbocycles. The molecule has 0 aromatic heterocycles. The molecule has 1 heterocycles. The highest BCUT2D eigenvalue weighted by molar-refractivity contribution is 5.81. The van der Waals surface area contributed by atoms with Gasteiger partial charge in [-0.3, -0.25) is 9.59 Å². The quantitative estimate of drug-likeness (QED) is 0.842. The zero-order valence-corrected chi connectivity index (χ0v) is 14.5. The van der Waals surface area contributed by atoms with E-state index >= 15 is 0 Å². The van der Waals surface area contributed by atoms with Gasteiger partial charge in [0.1, 0.15) is 0 Å². The second-order valence-electron chi connectivity index (χ2n) is 6.54. The fraction of sp³-hybridized carbons (Fsp3) is 0.474. The van der Waals surface area contributed by atoms with Crippen LogP contribution in [0.4, 0.5) is 0 Å². The molecule has 0 saturated carbocycles. The Morgan fingerprint density at radius 3 is 2.67 bits per heavy atom. The molecular formula is C19H26N2O3. The summed E-state index contributed by atoms with van der Waals surface area (Å²) in [6, 6.07) is 7.50. The predicted octanol–water partition coefficient (Wildman–Crippen LogP) is 2.47. The summed E-state index contributed by atoms with van der Waals surface area (Å²) in [6.07, 6.45) is 3.95. The normalized spacial score (nSPS) is 17.5. The lowest BCUT2D eigenvalue weighted by molar-refractivity contribution is -0.129. The number of aliphatic hydroxyl groups excluding tert-OH is 1. The van der Waals surface area contributed by atoms with Gasteiger partial charge >= 0.3 is 0 Å². The number of hydrogen-bond acceptors (Lipinski definition) is 3. The van der Waals surface area contributed by atoms with Gasteiger partial charge in [0.25, 0.3) is 0 Å². The van der Waals surface area contributed by atoms with E-state index in [4.69, 9.17) is 0 Å². The Labute approximate surface area is 143 Å². The highest BCUT2D eigenvalue weighted by atomic mass is 16.3. The average Bonchev–Trinajstić information content (AvgIpc) is 2.54. The standard InChI is InChI=1S/C19H26N2O3/c1-13(2)18(23)8-10-20-19(24)12-17-16-7-5-4-6-15(16)9-11-21(17)14(3)22/h4-7,9,11,13,17-18,23H,8,10,12H2,1-3H3,(H,20,24). The van der Waals surface area contributed by atoms with Gasteiger partial charge in [-0.15, -0.1) is 0 Å². The minimum atomic E-state index is -0.419. The number of rotatable bonds is 6. The van der Waals surface area contributed by atoms with Crippen LogP contribution in [0.25, 0.3) is 6.08 Å². The van der Waals surface area contributed by atoms with Crippen molar-refractivity contribution in [2.75, 3.05) is 6.54 Å². The molecule has 1 aromatic rings. The lowest BCUT2D eigenvalue weighted by Gasteiger charge is -2.32. The summed E-state index contributed by atoms with van der Waals surface area (Å²) in [5.41, 5.74) is 2.01. The Kier molecular flexibility index (Phi) is 6.15. The Hall–Kier alpha value is -2.14. The largest absolute Gasteiger partial charge is 0.393 e. The molecule has 0 saturated heterocycles. The summed E-state index contributed by atoms with van der Waals surface area (Å²) < 4.78 is 0. The molecule has 1 aliphatic rings. The third-order valence-electron chi connectivity index (χ3n) is 4.38. The first-order valence-corrected chi connectivity index (χ1v) is 8.41. The molecule has 1 aliphatic heterocycles. The van der Waals surface area contributed by atoms with Gasteiger partial charge in [-0.05, 0) is 29.5 Å². The average molecular weight is 330 g/mol. The monoisotopic (exact) mass is 330 g/mol. The second-order valence-corrected chi connectivity index (χ2v) is 6.54. The van der Waals surface area contributed by atoms with Crippen LogP contribution >= 0.6 is 0 Å². The van der Waals surface area contributed by atoms with Gasteiger partial charge in [-0.25, -0.2) is 0 Å². The molecule has 24 heavy (non-hydrogen) atoms. The van der Waals surface area contributed by atoms with Crippen molar-refractivity contribution in [3.8, 4) is 0 Å². The smallest absolute Gasteiger partial charge is 0.223 e. The number of nitrogens with one attached hydrogen (secondary N) is 1. The van der Waals surface area contributed by atoms with Crippen LogP contribution in [-0.2, 0) is 9.59 Å². The van der Waals surface area contributed by atoms with Crippen LogP contribution in [0, 0.1) is 5.92 Å². The Bertz CT molecular complexity index is 625. The van der Waals surface area contributed by atoms with Gasteiger partial charge in [0.2, 0.25) is 11.8 Å². The van der Waals surface area contributed by atoms with Crippen LogP contribution in [0.3, 0.4) is 0 Å². The fourth-order valence-corrected chi connectivity index (χ4v) is 2.85. The van der Waals surface area contributed by atoms with Gasteiger partial charge in [0, 0.05) is 19.7 Å². The highest BCUT2D eigenvalue weighted by Crippen LogP contribution is 2.32. The van der Waals surface area contributed by atoms with E-state index in [1.165, 1.54) is 6.92 Å². The molecule has 5 heteroatoms. The second kappa shape index (κ2) is 8.11. The number of fused-ring (bicyclic) bond motifs is 1. The van der Waals surface area contributed by atoms with E-state index in [1.807, 2.05) is 44.2 Å². The summed E-state index contributed by atoms with van der Waals surface area (Å²) in [5.74, 6) is -0.0356. The van der Waals surface area contributed by atoms with E-state index in [9.17, 15) is 14.7 Å². The first-order valence-electron chi connectivity index (χ1n) is 8.41. The maximum Gasteiger partial charge on any atom is 0.223 e. The summed E-state index contributed by atoms with van der Waals surface area (Å²) in [7, 11) is 0. The van der Waals surface area contributed by atoms with Crippen molar-refractivity contribution in [1.82, 2.24) is 10.2 Å². The molecule has 2 amide bonds. The molecule has 0 fully saturated rings. The van der Waals surface area contributed by atoms with Crippen LogP contribution in [-0.4, -0.2) is 34.5 Å². The molecule has 2 atom stereocenters. The van der Waals surface area contributed by atoms with Crippen molar-refractivity contribution < 1.29 is 14.7 Å². The summed E-state index contributed by atoms with van der Waals surface area (Å²) in [4.78, 5) is 25.8. The molecule has 2 N–H and O–H groups in total. The van der Waals surface area contributed by atoms with Crippen molar-refractivity contribution in [3.63, 3.8) is 0 Å². The molecular weight excluding hydrogens is 304 g/mol. The van der Waals surface area contributed by atoms with Crippen LogP contribution in [0.15, 0.2) is 30.5 Å². The molecule has 130 valence electrons. The van der Waals surface area contributed by atoms with Crippen molar-refractivity contribution >= 4 is 17.9 Å². The zero-order chi connectivity index (χ0) is 17.7. The van der Waals surface area contributed by atoms with Crippen molar-refractivity contribution in [3.05, 3.63) is 41.6 Å². The van der Waals surface area contributed by atoms with E-state index in [-0.39, 0.29) is 30.2 Å². The van der Waals surface area contributed by atoms with Gasteiger partial charge in [0.15, 0.2) is 0 Å². The van der Waals surface area contributed by atoms with Crippen molar-refractivity contribution in [2.24, 2.45) is 5.92 Å². The Morgan fingerprint density at radius 2 is 2.00 bits per heavy atom. The zero-order valence-electron chi connectivity index (χ0n) is 14.5. The van der Waals surface area contributed by atoms with Crippen LogP contribution in [0.2, 0.25) is 0 Å². The van der Waals surface area contributed by atoms with E-state index in [1.54, 1.807) is 11.1 Å². The third kappa shape index (κ3) is 4.45. The maximum absolute atomic E-state index is 12.3. The summed E-state index contributed by atoms with van der Waals surface area (Å²) >= 11 is 0. The lowest BCUT2D eigenvalue weighted by Crippen LogP contribution is -2.36. The Morgan fingerprint density at radius 1 is 1.29 bits per heavy atom. The number of carbonyl (C=O) groups is 2. The SMILES string of the molecule is CC(=O)N1C=Cc2ccccc2C1CC(=O)NCCC(O)C(C)C. The van der Waals surface area contributed by atoms with Crippen LogP contribution in [0.1, 0.15) is 50.8 Å². The Balaban J connectivity index is 2.01. The molecule has 0 radical (unpaired) electrons. The number of hydrogen-bond donors (Lipinski definition) is 2. The van der Waals surface area contributed by atoms with Crippen molar-refractivity contribution in [1.29, 1.82) is 0 Å². The lowest BCUT2D eigenvalue weighted by atomic mass is 9.93. The summed E-state index contributed by atoms with van der Waals surface area (Å²) in [6.45, 7) is 5.83. The summed E-state index contributed by atoms with van der Waals surface area (Å²) in [5, 5.41) is 12.6. The van der Waals surface area contributed by atoms with Crippen molar-refractivity contribution in [2.45, 2.75) is 45.8 Å². The van der Waals surface area contributed by atoms with E-state index in [0.717, 1.165) is 11.1 Å². The first kappa shape index (κ1) is 18.2. The molecule has 1 aromatic carbocycles. The third-order valence-corrected chi connectivity index (χ3v) is 4.38. The minimum Gasteiger partial charge on any atom is -0.393 e. The minimum absolute atomic E-state index is 0.0891. The number of aliphatic hydroxyl groups is 1. The van der Waals surface area contributed by atoms with Gasteiger partial charge in [-0.2, -0.15) is 0 Å². The fourth-order valence-electron chi connectivity index (χ4n) is 2.85. The predicted molar refractivity (Wildman–Crippen MR) is 93.8 cm³/mol. The van der Waals surface area contributed by atoms with E-state index in [0.29, 0.717) is 13.0 Å². The molecule has 2 rings (SSSR count). The highest BCUT2D eigenvalue weighted by Gasteiger charge is 2.28. The molecule has 0 spiro atoms. The number of nitrogens with zero attached hydrogens (tertiary/aromatic N) is 1. The van der Waals surface area contributed by atoms with Crippen LogP contribution in [0.5, 0.6) is 0 Å². The number of carbonyl (C=O) groups excluding carboxylic acids is 2. The van der Waals surface area contributed by atoms with Gasteiger partial charge < -0.3 is 15.3 Å². The molecule has 2 unspecified atom stereocenters. The number of amides is 2. The van der Waals surface area contributed by atoms with Crippen LogP contribution < -0.4 is 5.32 Å². The van der Waals surface area contributed by atoms with E-state index < -0.39 is 6.10 Å².